The van der Waals surface area contributed by atoms with E-state index in [0.29, 0.717) is 24.3 Å². The Morgan fingerprint density at radius 3 is 2.05 bits per heavy atom. The van der Waals surface area contributed by atoms with E-state index >= 15 is 0 Å². The number of amides is 1. The minimum Gasteiger partial charge on any atom is -0.491 e. The minimum atomic E-state index is -1.48. The Kier molecular flexibility index (Phi) is 8.96. The molecule has 4 N–H and O–H groups in total. The van der Waals surface area contributed by atoms with Gasteiger partial charge < -0.3 is 34.8 Å². The van der Waals surface area contributed by atoms with Crippen molar-refractivity contribution in [2.24, 2.45) is 5.92 Å². The van der Waals surface area contributed by atoms with Gasteiger partial charge in [-0.05, 0) is 78.9 Å². The molecule has 1 amide bonds. The number of halogens is 2. The van der Waals surface area contributed by atoms with Crippen LogP contribution >= 0.6 is 0 Å². The molecule has 2 aliphatic heterocycles. The first-order valence-electron chi connectivity index (χ1n) is 13.6. The van der Waals surface area contributed by atoms with Gasteiger partial charge in [-0.25, -0.2) is 8.78 Å². The molecule has 0 aliphatic carbocycles. The van der Waals surface area contributed by atoms with Gasteiger partial charge in [0.1, 0.15) is 54.5 Å². The first kappa shape index (κ1) is 29.1. The summed E-state index contributed by atoms with van der Waals surface area (Å²) in [6, 6.07) is 18.9. The maximum absolute atomic E-state index is 13.6. The molecule has 0 spiro atoms. The summed E-state index contributed by atoms with van der Waals surface area (Å²) < 4.78 is 38.1. The van der Waals surface area contributed by atoms with Crippen molar-refractivity contribution in [3.05, 3.63) is 95.6 Å². The lowest BCUT2D eigenvalue weighted by molar-refractivity contribution is -0.234. The highest BCUT2D eigenvalue weighted by atomic mass is 19.1. The van der Waals surface area contributed by atoms with Gasteiger partial charge in [0.25, 0.3) is 0 Å². The highest BCUT2D eigenvalue weighted by Crippen LogP contribution is 2.46. The van der Waals surface area contributed by atoms with Crippen LogP contribution in [0.3, 0.4) is 0 Å². The number of anilines is 1. The van der Waals surface area contributed by atoms with Crippen LogP contribution in [0.1, 0.15) is 30.0 Å². The number of β-lactam (4-membered cyclic amide) rings is 1. The number of ether oxygens (including phenoxy) is 2. The van der Waals surface area contributed by atoms with E-state index in [0.717, 1.165) is 17.5 Å². The third-order valence-electron chi connectivity index (χ3n) is 7.84. The Morgan fingerprint density at radius 1 is 0.805 bits per heavy atom. The summed E-state index contributed by atoms with van der Waals surface area (Å²) in [4.78, 5) is 14.9. The fourth-order valence-electron chi connectivity index (χ4n) is 5.53. The van der Waals surface area contributed by atoms with Crippen molar-refractivity contribution in [1.29, 1.82) is 0 Å². The van der Waals surface area contributed by atoms with Crippen LogP contribution < -0.4 is 9.64 Å². The SMILES string of the molecule is O=C1C(CCCc2ccc(F)cc2)C(c2ccc(OCC3OC(CO)C(O)C(O)C3O)cc2)N1c1ccc(F)cc1. The van der Waals surface area contributed by atoms with Crippen LogP contribution in [0, 0.1) is 17.6 Å². The molecule has 2 saturated heterocycles. The van der Waals surface area contributed by atoms with Crippen molar-refractivity contribution in [2.75, 3.05) is 18.1 Å². The molecular formula is C31H33F2NO7. The van der Waals surface area contributed by atoms with E-state index in [1.807, 2.05) is 12.1 Å². The number of hydrogen-bond donors (Lipinski definition) is 4. The van der Waals surface area contributed by atoms with Crippen LogP contribution in [0.4, 0.5) is 14.5 Å². The molecule has 10 heteroatoms. The minimum absolute atomic E-state index is 0.0522. The van der Waals surface area contributed by atoms with Crippen molar-refractivity contribution in [1.82, 2.24) is 0 Å². The highest BCUT2D eigenvalue weighted by molar-refractivity contribution is 6.03. The van der Waals surface area contributed by atoms with Crippen LogP contribution in [0.25, 0.3) is 0 Å². The number of aryl methyl sites for hydroxylation is 1. The van der Waals surface area contributed by atoms with Gasteiger partial charge in [-0.3, -0.25) is 4.79 Å². The molecule has 8 nitrogen and oxygen atoms in total. The third kappa shape index (κ3) is 6.27. The van der Waals surface area contributed by atoms with E-state index < -0.39 is 42.9 Å². The van der Waals surface area contributed by atoms with E-state index in [9.17, 15) is 34.0 Å². The number of rotatable bonds is 10. The Morgan fingerprint density at radius 2 is 1.41 bits per heavy atom. The molecule has 3 aromatic carbocycles. The molecule has 0 saturated carbocycles. The Hall–Kier alpha value is -3.41. The normalized spacial score (nSPS) is 27.9. The molecule has 7 unspecified atom stereocenters. The average Bonchev–Trinajstić information content (AvgIpc) is 2.98. The molecule has 0 radical (unpaired) electrons. The molecule has 2 heterocycles. The summed E-state index contributed by atoms with van der Waals surface area (Å²) in [6.45, 7) is -0.650. The lowest BCUT2D eigenvalue weighted by atomic mass is 9.78. The van der Waals surface area contributed by atoms with Crippen LogP contribution in [0.2, 0.25) is 0 Å². The number of benzene rings is 3. The van der Waals surface area contributed by atoms with Gasteiger partial charge in [-0.15, -0.1) is 0 Å². The van der Waals surface area contributed by atoms with Gasteiger partial charge in [0, 0.05) is 5.69 Å². The fourth-order valence-corrected chi connectivity index (χ4v) is 5.53. The molecule has 0 bridgehead atoms. The summed E-state index contributed by atoms with van der Waals surface area (Å²) in [5, 5.41) is 39.6. The molecule has 5 rings (SSSR count). The Bertz CT molecular complexity index is 1300. The standard InChI is InChI=1S/C31H33F2NO7/c32-20-8-4-18(5-9-20)2-1-3-24-27(34(31(24)39)22-12-10-21(33)11-13-22)19-6-14-23(15-7-19)40-17-26-29(37)30(38)28(36)25(16-35)41-26/h4-15,24-30,35-38H,1-3,16-17H2. The molecule has 218 valence electrons. The first-order valence-corrected chi connectivity index (χ1v) is 13.6. The van der Waals surface area contributed by atoms with Gasteiger partial charge in [0.15, 0.2) is 0 Å². The third-order valence-corrected chi connectivity index (χ3v) is 7.84. The summed E-state index contributed by atoms with van der Waals surface area (Å²) >= 11 is 0. The number of nitrogens with zero attached hydrogens (tertiary/aromatic N) is 1. The van der Waals surface area contributed by atoms with Crippen molar-refractivity contribution in [2.45, 2.75) is 55.8 Å². The van der Waals surface area contributed by atoms with Crippen LogP contribution in [-0.2, 0) is 16.0 Å². The second-order valence-corrected chi connectivity index (χ2v) is 10.5. The van der Waals surface area contributed by atoms with Crippen molar-refractivity contribution >= 4 is 11.6 Å². The fraction of sp³-hybridized carbons (Fsp3) is 0.387. The van der Waals surface area contributed by atoms with Crippen LogP contribution in [0.15, 0.2) is 72.8 Å². The molecule has 2 aliphatic rings. The molecule has 2 fully saturated rings. The average molecular weight is 570 g/mol. The predicted octanol–water partition coefficient (Wildman–Crippen LogP) is 2.91. The number of aliphatic hydroxyl groups is 4. The summed E-state index contributed by atoms with van der Waals surface area (Å²) in [5.41, 5.74) is 2.45. The smallest absolute Gasteiger partial charge is 0.233 e. The van der Waals surface area contributed by atoms with Gasteiger partial charge in [0.2, 0.25) is 5.91 Å². The second kappa shape index (κ2) is 12.6. The number of hydrogen-bond acceptors (Lipinski definition) is 7. The van der Waals surface area contributed by atoms with Crippen LogP contribution in [0.5, 0.6) is 5.75 Å². The van der Waals surface area contributed by atoms with E-state index in [4.69, 9.17) is 9.47 Å². The number of carbonyl (C=O) groups is 1. The molecule has 0 aromatic heterocycles. The molecular weight excluding hydrogens is 536 g/mol. The highest BCUT2D eigenvalue weighted by Gasteiger charge is 2.48. The summed E-state index contributed by atoms with van der Waals surface area (Å²) in [5.74, 6) is -0.573. The first-order chi connectivity index (χ1) is 19.8. The lowest BCUT2D eigenvalue weighted by Crippen LogP contribution is -2.59. The maximum Gasteiger partial charge on any atom is 0.233 e. The Labute approximate surface area is 236 Å². The molecule has 3 aromatic rings. The zero-order valence-corrected chi connectivity index (χ0v) is 22.2. The quantitative estimate of drug-likeness (QED) is 0.277. The van der Waals surface area contributed by atoms with E-state index in [1.54, 1.807) is 41.3 Å². The predicted molar refractivity (Wildman–Crippen MR) is 145 cm³/mol. The van der Waals surface area contributed by atoms with Gasteiger partial charge in [-0.2, -0.15) is 0 Å². The van der Waals surface area contributed by atoms with E-state index in [1.165, 1.54) is 24.3 Å². The number of carbonyl (C=O) groups excluding carboxylic acids is 1. The van der Waals surface area contributed by atoms with Crippen molar-refractivity contribution < 1.29 is 43.5 Å². The maximum atomic E-state index is 13.6. The van der Waals surface area contributed by atoms with Gasteiger partial charge in [0.05, 0.1) is 18.6 Å². The largest absolute Gasteiger partial charge is 0.491 e. The summed E-state index contributed by atoms with van der Waals surface area (Å²) in [6.07, 6.45) is -4.24. The summed E-state index contributed by atoms with van der Waals surface area (Å²) in [7, 11) is 0. The van der Waals surface area contributed by atoms with E-state index in [2.05, 4.69) is 0 Å². The van der Waals surface area contributed by atoms with Gasteiger partial charge >= 0.3 is 0 Å². The molecule has 41 heavy (non-hydrogen) atoms. The van der Waals surface area contributed by atoms with Crippen molar-refractivity contribution in [3.8, 4) is 5.75 Å². The topological polar surface area (TPSA) is 120 Å². The van der Waals surface area contributed by atoms with Crippen LogP contribution in [-0.4, -0.2) is 70.1 Å². The molecule has 7 atom stereocenters. The Balaban J connectivity index is 1.27. The monoisotopic (exact) mass is 569 g/mol. The zero-order valence-electron chi connectivity index (χ0n) is 22.2. The lowest BCUT2D eigenvalue weighted by Gasteiger charge is -2.47. The van der Waals surface area contributed by atoms with E-state index in [-0.39, 0.29) is 30.3 Å². The zero-order chi connectivity index (χ0) is 29.1. The van der Waals surface area contributed by atoms with Crippen molar-refractivity contribution in [3.63, 3.8) is 0 Å². The second-order valence-electron chi connectivity index (χ2n) is 10.5. The van der Waals surface area contributed by atoms with Gasteiger partial charge in [-0.1, -0.05) is 24.3 Å². The number of aliphatic hydroxyl groups excluding tert-OH is 4.